The first-order valence-electron chi connectivity index (χ1n) is 56.9. The number of pyridine rings is 2. The van der Waals surface area contributed by atoms with E-state index < -0.39 is 0 Å². The molecule has 140 heavy (non-hydrogen) atoms. The molecule has 0 amide bonds. The fourth-order valence-electron chi connectivity index (χ4n) is 18.1. The first kappa shape index (κ1) is 120. The molecule has 0 atom stereocenters. The van der Waals surface area contributed by atoms with Crippen LogP contribution in [0.25, 0.3) is 0 Å². The third kappa shape index (κ3) is 58.0. The molecule has 2 N–H and O–H groups in total. The molecule has 776 valence electrons. The summed E-state index contributed by atoms with van der Waals surface area (Å²) in [5, 5.41) is 40.5. The minimum atomic E-state index is 0.857. The number of rotatable bonds is 88. The van der Waals surface area contributed by atoms with Crippen LogP contribution < -0.4 is 38.9 Å². The van der Waals surface area contributed by atoms with Gasteiger partial charge >= 0.3 is 11.9 Å². The zero-order chi connectivity index (χ0) is 98.7. The van der Waals surface area contributed by atoms with Gasteiger partial charge in [-0.3, -0.25) is 10.0 Å². The number of aryl methyl sites for hydroxylation is 8. The van der Waals surface area contributed by atoms with Crippen molar-refractivity contribution in [3.8, 4) is 0 Å². The van der Waals surface area contributed by atoms with E-state index in [0.29, 0.717) is 0 Å². The minimum Gasteiger partial charge on any atom is -0.382 e. The fourth-order valence-corrected chi connectivity index (χ4v) is 22.1. The van der Waals surface area contributed by atoms with Gasteiger partial charge in [-0.15, -0.1) is 0 Å². The monoisotopic (exact) mass is 1990 g/mol. The summed E-state index contributed by atoms with van der Waals surface area (Å²) < 4.78 is 13.5. The fraction of sp³-hybridized carbons (Fsp3) is 0.650. The van der Waals surface area contributed by atoms with Crippen molar-refractivity contribution in [2.45, 2.75) is 439 Å². The van der Waals surface area contributed by atoms with Gasteiger partial charge in [0.2, 0.25) is 0 Å². The van der Waals surface area contributed by atoms with Gasteiger partial charge in [-0.25, -0.2) is 27.4 Å². The van der Waals surface area contributed by atoms with Crippen molar-refractivity contribution < 1.29 is 18.3 Å². The number of aromatic nitrogens is 6. The maximum atomic E-state index is 5.06. The lowest BCUT2D eigenvalue weighted by Gasteiger charge is -2.13. The van der Waals surface area contributed by atoms with Crippen molar-refractivity contribution in [2.24, 2.45) is 44.8 Å². The van der Waals surface area contributed by atoms with Crippen LogP contribution in [0, 0.1) is 0 Å². The molecule has 0 bridgehead atoms. The maximum Gasteiger partial charge on any atom is 0.421 e. The SMILES string of the molecule is CCCCCCCCCCCCCCCCn1cc[n+](CCCCCCCCCCCCCCCC)c1N=Nc1ccccc1NCCSSCCNc1ccccc1N=Nc1n(CCCCCCCCCCCCCCCC)cc[n+]1CCCCCCCCCCCCCCCC.CN(/N=C/c1cc[n+](C)cc1)c1ccc(CCCSSCCCc2ccc(N(C)/N=C/c3cc[n+](C)cc3)cc2)cc1. The summed E-state index contributed by atoms with van der Waals surface area (Å²) in [5.74, 6) is 6.29. The number of hydrogen-bond donors (Lipinski definition) is 2. The number of azo groups is 2. The Bertz CT molecular complexity index is 4000. The Morgan fingerprint density at radius 1 is 0.286 bits per heavy atom. The van der Waals surface area contributed by atoms with Gasteiger partial charge in [0.15, 0.2) is 24.8 Å². The van der Waals surface area contributed by atoms with Gasteiger partial charge < -0.3 is 10.6 Å². The molecule has 0 saturated heterocycles. The van der Waals surface area contributed by atoms with Gasteiger partial charge in [-0.1, -0.05) is 464 Å². The summed E-state index contributed by atoms with van der Waals surface area (Å²) in [6.45, 7) is 14.9. The Balaban J connectivity index is 0.000000523. The number of para-hydroxylation sites is 2. The molecule has 4 aromatic carbocycles. The largest absolute Gasteiger partial charge is 0.421 e. The van der Waals surface area contributed by atoms with E-state index in [1.807, 2.05) is 128 Å². The Hall–Kier alpha value is -7.26. The van der Waals surface area contributed by atoms with Crippen molar-refractivity contribution in [1.82, 2.24) is 9.13 Å². The Labute approximate surface area is 870 Å². The summed E-state index contributed by atoms with van der Waals surface area (Å²) in [7, 11) is 15.8. The summed E-state index contributed by atoms with van der Waals surface area (Å²) in [4.78, 5) is 0. The highest BCUT2D eigenvalue weighted by Crippen LogP contribution is 2.32. The van der Waals surface area contributed by atoms with E-state index in [0.717, 1.165) is 121 Å². The molecule has 0 saturated carbocycles. The quantitative estimate of drug-likeness (QED) is 0.00963. The van der Waals surface area contributed by atoms with Crippen LogP contribution in [-0.4, -0.2) is 71.8 Å². The molecule has 0 fully saturated rings. The van der Waals surface area contributed by atoms with E-state index in [-0.39, 0.29) is 0 Å². The van der Waals surface area contributed by atoms with E-state index in [1.54, 1.807) is 0 Å². The predicted octanol–water partition coefficient (Wildman–Crippen LogP) is 35.7. The van der Waals surface area contributed by atoms with Gasteiger partial charge in [0.25, 0.3) is 0 Å². The normalized spacial score (nSPS) is 11.7. The van der Waals surface area contributed by atoms with Crippen molar-refractivity contribution >= 4 is 102 Å². The van der Waals surface area contributed by atoms with E-state index in [1.165, 1.54) is 395 Å². The van der Waals surface area contributed by atoms with Crippen molar-refractivity contribution in [3.63, 3.8) is 0 Å². The molecule has 0 radical (unpaired) electrons. The number of unbranched alkanes of at least 4 members (excludes halogenated alkanes) is 52. The zero-order valence-corrected chi connectivity index (χ0v) is 93.0. The minimum absolute atomic E-state index is 0.857. The molecule has 0 aliphatic heterocycles. The molecule has 0 aliphatic carbocycles. The van der Waals surface area contributed by atoms with Crippen LogP contribution in [0.3, 0.4) is 0 Å². The number of hydrogen-bond acceptors (Lipinski definition) is 14. The first-order chi connectivity index (χ1) is 69.1. The number of nitrogens with zero attached hydrogens (tertiary/aromatic N) is 14. The lowest BCUT2D eigenvalue weighted by atomic mass is 10.0. The highest BCUT2D eigenvalue weighted by Gasteiger charge is 2.21. The van der Waals surface area contributed by atoms with E-state index in [9.17, 15) is 0 Å². The topological polar surface area (TPSA) is 130 Å². The molecular weight excluding hydrogens is 1790 g/mol. The molecule has 16 nitrogen and oxygen atoms in total. The van der Waals surface area contributed by atoms with Gasteiger partial charge in [0, 0.05) is 95.8 Å². The van der Waals surface area contributed by atoms with Crippen LogP contribution in [0.1, 0.15) is 422 Å². The molecule has 4 aromatic heterocycles. The maximum absolute atomic E-state index is 5.06. The second kappa shape index (κ2) is 83.0. The average molecular weight is 1990 g/mol. The van der Waals surface area contributed by atoms with E-state index in [2.05, 4.69) is 213 Å². The van der Waals surface area contributed by atoms with Gasteiger partial charge in [-0.05, 0) is 111 Å². The molecule has 0 aliphatic rings. The Morgan fingerprint density at radius 2 is 0.550 bits per heavy atom. The third-order valence-corrected chi connectivity index (χ3v) is 32.1. The molecular formula is C120H196N16S4+4. The number of anilines is 4. The lowest BCUT2D eigenvalue weighted by Crippen LogP contribution is -2.32. The highest BCUT2D eigenvalue weighted by molar-refractivity contribution is 8.77. The second-order valence-corrected chi connectivity index (χ2v) is 45.0. The smallest absolute Gasteiger partial charge is 0.382 e. The average Bonchev–Trinajstić information content (AvgIpc) is 1.70. The molecule has 8 aromatic rings. The number of imidazole rings is 2. The van der Waals surface area contributed by atoms with Crippen LogP contribution in [0.4, 0.5) is 46.0 Å². The van der Waals surface area contributed by atoms with Crippen LogP contribution in [0.5, 0.6) is 0 Å². The molecule has 4 heterocycles. The van der Waals surface area contributed by atoms with E-state index in [4.69, 9.17) is 20.5 Å². The summed E-state index contributed by atoms with van der Waals surface area (Å²) in [5.41, 5.74) is 11.0. The third-order valence-electron chi connectivity index (χ3n) is 27.1. The van der Waals surface area contributed by atoms with Crippen LogP contribution >= 0.6 is 43.2 Å². The van der Waals surface area contributed by atoms with Crippen molar-refractivity contribution in [3.05, 3.63) is 193 Å². The number of nitrogens with one attached hydrogen (secondary N) is 2. The molecule has 20 heteroatoms. The van der Waals surface area contributed by atoms with Gasteiger partial charge in [0.05, 0.1) is 86.1 Å². The number of benzene rings is 4. The first-order valence-corrected chi connectivity index (χ1v) is 61.9. The van der Waals surface area contributed by atoms with Crippen molar-refractivity contribution in [1.29, 1.82) is 0 Å². The molecule has 8 rings (SSSR count). The Morgan fingerprint density at radius 3 is 0.843 bits per heavy atom. The Kier molecular flexibility index (Phi) is 70.9. The lowest BCUT2D eigenvalue weighted by molar-refractivity contribution is -0.684. The highest BCUT2D eigenvalue weighted by atomic mass is 33.1. The molecule has 0 spiro atoms. The molecule has 0 unspecified atom stereocenters. The summed E-state index contributed by atoms with van der Waals surface area (Å²) in [6, 6.07) is 42.6. The summed E-state index contributed by atoms with van der Waals surface area (Å²) in [6.07, 6.45) is 103. The number of hydrazone groups is 2. The zero-order valence-electron chi connectivity index (χ0n) is 89.7. The van der Waals surface area contributed by atoms with Crippen LogP contribution in [0.15, 0.2) is 202 Å². The standard InChI is InChI=1S/C86H152N10S2.C34H42N6S2/c1-5-9-13-17-21-25-29-33-37-41-45-49-53-61-71-93-75-76-94(72-62-54-50-46-42-38-34-30-26-22-18-14-10-6-2)85(93)91-89-83-67-59-57-65-81(83)87-69-79-97-98-80-70-88-82-66-58-60-68-84(82)90-92-86-95(73-63-55-51-47-43-39-35-31-27-23-19-15-11-7-3)77-78-96(86)74-64-56-52-48-44-40-36-32-28-24-20-16-12-8-4;1-37-21-17-31(18-22-37)27-35-39(3)33-13-9-29(10-14-33)7-5-25-41-42-26-6-8-30-11-15-34(16-12-30)40(4)36-28-32-19-23-38(2)24-20-32/h57-60,65-68,75-78H,5-56,61-64,69-74,79-80H2,1-4H3;9-24,27-28H,5-8,25-26H2,1-4H3/q;+2/p+2. The van der Waals surface area contributed by atoms with Crippen LogP contribution in [-0.2, 0) is 53.1 Å². The van der Waals surface area contributed by atoms with Crippen molar-refractivity contribution in [2.75, 3.05) is 70.8 Å². The predicted molar refractivity (Wildman–Crippen MR) is 615 cm³/mol. The van der Waals surface area contributed by atoms with Crippen LogP contribution in [0.2, 0.25) is 0 Å². The summed E-state index contributed by atoms with van der Waals surface area (Å²) >= 11 is 0. The van der Waals surface area contributed by atoms with E-state index >= 15 is 0 Å². The second-order valence-electron chi connectivity index (χ2n) is 39.6. The van der Waals surface area contributed by atoms with Gasteiger partial charge in [0.1, 0.15) is 25.5 Å². The van der Waals surface area contributed by atoms with Gasteiger partial charge in [-0.2, -0.15) is 10.2 Å².